The number of halogens is 1. The number of anilines is 1. The summed E-state index contributed by atoms with van der Waals surface area (Å²) in [5.41, 5.74) is 4.47. The van der Waals surface area contributed by atoms with Crippen LogP contribution in [0.1, 0.15) is 29.3 Å². The van der Waals surface area contributed by atoms with E-state index in [-0.39, 0.29) is 6.04 Å². The lowest BCUT2D eigenvalue weighted by atomic mass is 9.99. The average Bonchev–Trinajstić information content (AvgIpc) is 3.26. The fraction of sp³-hybridized carbons (Fsp3) is 0.150. The minimum Gasteiger partial charge on any atom is -0.463 e. The molecule has 0 N–H and O–H groups in total. The third-order valence-corrected chi connectivity index (χ3v) is 4.52. The normalized spacial score (nSPS) is 17.2. The quantitative estimate of drug-likeness (QED) is 0.623. The van der Waals surface area contributed by atoms with Crippen LogP contribution in [-0.4, -0.2) is 5.71 Å². The summed E-state index contributed by atoms with van der Waals surface area (Å²) in [6.45, 7) is 2.10. The van der Waals surface area contributed by atoms with Gasteiger partial charge in [0.25, 0.3) is 0 Å². The average molecular weight is 337 g/mol. The molecule has 120 valence electrons. The Morgan fingerprint density at radius 2 is 1.79 bits per heavy atom. The molecule has 0 saturated heterocycles. The number of hydrogen-bond acceptors (Lipinski definition) is 3. The van der Waals surface area contributed by atoms with Crippen molar-refractivity contribution in [3.63, 3.8) is 0 Å². The topological polar surface area (TPSA) is 28.7 Å². The highest BCUT2D eigenvalue weighted by molar-refractivity contribution is 6.30. The largest absolute Gasteiger partial charge is 0.463 e. The van der Waals surface area contributed by atoms with Crippen LogP contribution in [0, 0.1) is 6.92 Å². The zero-order valence-corrected chi connectivity index (χ0v) is 14.1. The zero-order valence-electron chi connectivity index (χ0n) is 13.3. The molecule has 0 aliphatic carbocycles. The van der Waals surface area contributed by atoms with E-state index in [1.807, 2.05) is 36.4 Å². The van der Waals surface area contributed by atoms with Crippen molar-refractivity contribution in [2.24, 2.45) is 5.10 Å². The second-order valence-electron chi connectivity index (χ2n) is 5.98. The first-order chi connectivity index (χ1) is 11.7. The third kappa shape index (κ3) is 2.83. The van der Waals surface area contributed by atoms with Gasteiger partial charge in [-0.1, -0.05) is 41.4 Å². The zero-order chi connectivity index (χ0) is 16.5. The van der Waals surface area contributed by atoms with E-state index in [1.165, 1.54) is 11.1 Å². The van der Waals surface area contributed by atoms with Gasteiger partial charge in [-0.15, -0.1) is 0 Å². The van der Waals surface area contributed by atoms with Gasteiger partial charge in [0.05, 0.1) is 18.0 Å². The Balaban J connectivity index is 1.74. The van der Waals surface area contributed by atoms with Crippen LogP contribution < -0.4 is 5.01 Å². The number of hydrogen-bond donors (Lipinski definition) is 0. The lowest BCUT2D eigenvalue weighted by Gasteiger charge is -2.24. The molecular weight excluding hydrogens is 320 g/mol. The number of aryl methyl sites for hydroxylation is 1. The SMILES string of the molecule is Cc1ccc(C2CC(c3ccco3)=NN2c2ccc(Cl)cc2)cc1. The molecule has 1 atom stereocenters. The summed E-state index contributed by atoms with van der Waals surface area (Å²) in [4.78, 5) is 0. The van der Waals surface area contributed by atoms with Gasteiger partial charge in [-0.3, -0.25) is 5.01 Å². The number of rotatable bonds is 3. The van der Waals surface area contributed by atoms with Crippen molar-refractivity contribution in [3.05, 3.63) is 88.8 Å². The lowest BCUT2D eigenvalue weighted by molar-refractivity contribution is 0.556. The first-order valence-corrected chi connectivity index (χ1v) is 8.31. The Morgan fingerprint density at radius 1 is 1.04 bits per heavy atom. The molecule has 2 heterocycles. The summed E-state index contributed by atoms with van der Waals surface area (Å²) in [6, 6.07) is 20.4. The fourth-order valence-electron chi connectivity index (χ4n) is 2.98. The standard InChI is InChI=1S/C20H17ClN2O/c1-14-4-6-15(7-5-14)19-13-18(20-3-2-12-24-20)22-23(19)17-10-8-16(21)9-11-17/h2-12,19H,13H2,1H3. The van der Waals surface area contributed by atoms with Gasteiger partial charge in [0.1, 0.15) is 11.5 Å². The molecule has 0 radical (unpaired) electrons. The number of benzene rings is 2. The molecule has 3 nitrogen and oxygen atoms in total. The Hall–Kier alpha value is -2.52. The van der Waals surface area contributed by atoms with Crippen LogP contribution in [0.5, 0.6) is 0 Å². The Labute approximate surface area is 146 Å². The fourth-order valence-corrected chi connectivity index (χ4v) is 3.11. The smallest absolute Gasteiger partial charge is 0.149 e. The predicted octanol–water partition coefficient (Wildman–Crippen LogP) is 5.60. The minimum atomic E-state index is 0.145. The molecule has 1 aliphatic heterocycles. The molecule has 0 fully saturated rings. The molecule has 24 heavy (non-hydrogen) atoms. The highest BCUT2D eigenvalue weighted by Crippen LogP contribution is 2.37. The Kier molecular flexibility index (Phi) is 3.87. The van der Waals surface area contributed by atoms with Gasteiger partial charge in [0.2, 0.25) is 0 Å². The van der Waals surface area contributed by atoms with Gasteiger partial charge in [-0.25, -0.2) is 0 Å². The van der Waals surface area contributed by atoms with Gasteiger partial charge < -0.3 is 4.42 Å². The maximum Gasteiger partial charge on any atom is 0.149 e. The first-order valence-electron chi connectivity index (χ1n) is 7.93. The summed E-state index contributed by atoms with van der Waals surface area (Å²) in [7, 11) is 0. The summed E-state index contributed by atoms with van der Waals surface area (Å²) >= 11 is 6.03. The molecule has 0 bridgehead atoms. The van der Waals surface area contributed by atoms with Crippen molar-refractivity contribution in [2.45, 2.75) is 19.4 Å². The van der Waals surface area contributed by atoms with Crippen LogP contribution in [0.25, 0.3) is 0 Å². The van der Waals surface area contributed by atoms with Crippen LogP contribution in [0.4, 0.5) is 5.69 Å². The molecule has 0 spiro atoms. The molecule has 0 saturated carbocycles. The molecule has 3 aromatic rings. The number of hydrazone groups is 1. The number of nitrogens with zero attached hydrogens (tertiary/aromatic N) is 2. The molecule has 2 aromatic carbocycles. The van der Waals surface area contributed by atoms with Gasteiger partial charge in [0.15, 0.2) is 0 Å². The lowest BCUT2D eigenvalue weighted by Crippen LogP contribution is -2.18. The van der Waals surface area contributed by atoms with Gasteiger partial charge in [-0.05, 0) is 48.9 Å². The molecule has 4 rings (SSSR count). The second kappa shape index (κ2) is 6.17. The monoisotopic (exact) mass is 336 g/mol. The van der Waals surface area contributed by atoms with Crippen LogP contribution in [0.15, 0.2) is 76.4 Å². The summed E-state index contributed by atoms with van der Waals surface area (Å²) in [5.74, 6) is 0.823. The molecule has 0 amide bonds. The van der Waals surface area contributed by atoms with Crippen molar-refractivity contribution in [1.82, 2.24) is 0 Å². The molecule has 4 heteroatoms. The molecule has 1 aliphatic rings. The highest BCUT2D eigenvalue weighted by atomic mass is 35.5. The van der Waals surface area contributed by atoms with Crippen LogP contribution in [0.2, 0.25) is 5.02 Å². The van der Waals surface area contributed by atoms with Crippen LogP contribution in [-0.2, 0) is 0 Å². The third-order valence-electron chi connectivity index (χ3n) is 4.27. The summed E-state index contributed by atoms with van der Waals surface area (Å²) < 4.78 is 5.55. The van der Waals surface area contributed by atoms with Crippen molar-refractivity contribution in [1.29, 1.82) is 0 Å². The van der Waals surface area contributed by atoms with Crippen molar-refractivity contribution >= 4 is 23.0 Å². The number of furan rings is 1. The summed E-state index contributed by atoms with van der Waals surface area (Å²) in [5, 5.41) is 7.60. The first kappa shape index (κ1) is 15.0. The Bertz CT molecular complexity index is 852. The van der Waals surface area contributed by atoms with E-state index >= 15 is 0 Å². The van der Waals surface area contributed by atoms with Crippen molar-refractivity contribution < 1.29 is 4.42 Å². The molecule has 1 unspecified atom stereocenters. The van der Waals surface area contributed by atoms with Gasteiger partial charge in [-0.2, -0.15) is 5.10 Å². The van der Waals surface area contributed by atoms with E-state index in [2.05, 4.69) is 36.2 Å². The van der Waals surface area contributed by atoms with Crippen LogP contribution >= 0.6 is 11.6 Å². The molecule has 1 aromatic heterocycles. The van der Waals surface area contributed by atoms with E-state index in [1.54, 1.807) is 6.26 Å². The Morgan fingerprint density at radius 3 is 2.46 bits per heavy atom. The second-order valence-corrected chi connectivity index (χ2v) is 6.41. The van der Waals surface area contributed by atoms with Crippen molar-refractivity contribution in [2.75, 3.05) is 5.01 Å². The maximum atomic E-state index is 6.03. The van der Waals surface area contributed by atoms with Gasteiger partial charge >= 0.3 is 0 Å². The van der Waals surface area contributed by atoms with Crippen molar-refractivity contribution in [3.8, 4) is 0 Å². The van der Waals surface area contributed by atoms with Crippen LogP contribution in [0.3, 0.4) is 0 Å². The molecular formula is C20H17ClN2O. The highest BCUT2D eigenvalue weighted by Gasteiger charge is 2.30. The van der Waals surface area contributed by atoms with Gasteiger partial charge in [0, 0.05) is 11.4 Å². The van der Waals surface area contributed by atoms with E-state index in [4.69, 9.17) is 21.1 Å². The maximum absolute atomic E-state index is 6.03. The minimum absolute atomic E-state index is 0.145. The summed E-state index contributed by atoms with van der Waals surface area (Å²) in [6.07, 6.45) is 2.49. The predicted molar refractivity (Wildman–Crippen MR) is 97.7 cm³/mol. The van der Waals surface area contributed by atoms with E-state index in [0.717, 1.165) is 28.6 Å². The van der Waals surface area contributed by atoms with E-state index in [0.29, 0.717) is 0 Å². The van der Waals surface area contributed by atoms with E-state index < -0.39 is 0 Å². The van der Waals surface area contributed by atoms with E-state index in [9.17, 15) is 0 Å².